The highest BCUT2D eigenvalue weighted by atomic mass is 16.5. The first-order valence-corrected chi connectivity index (χ1v) is 8.53. The molecule has 3 heterocycles. The second-order valence-corrected chi connectivity index (χ2v) is 6.63. The van der Waals surface area contributed by atoms with Gasteiger partial charge in [-0.3, -0.25) is 9.89 Å². The fourth-order valence-electron chi connectivity index (χ4n) is 3.36. The van der Waals surface area contributed by atoms with Crippen molar-refractivity contribution in [1.29, 1.82) is 0 Å². The van der Waals surface area contributed by atoms with Crippen molar-refractivity contribution in [2.24, 2.45) is 5.73 Å². The maximum atomic E-state index is 12.1. The summed E-state index contributed by atoms with van der Waals surface area (Å²) in [5.41, 5.74) is 6.03. The minimum Gasteiger partial charge on any atom is -0.423 e. The van der Waals surface area contributed by atoms with Crippen LogP contribution in [0.1, 0.15) is 25.7 Å². The number of aromatic amines is 1. The predicted octanol–water partition coefficient (Wildman–Crippen LogP) is 0.520. The fourth-order valence-corrected chi connectivity index (χ4v) is 3.36. The van der Waals surface area contributed by atoms with Gasteiger partial charge in [0.2, 0.25) is 5.82 Å². The number of hydrogen-bond acceptors (Lipinski definition) is 8. The second kappa shape index (κ2) is 6.37. The summed E-state index contributed by atoms with van der Waals surface area (Å²) in [5.74, 6) is 0.750. The van der Waals surface area contributed by atoms with E-state index in [1.807, 2.05) is 13.1 Å². The number of nitrogens with one attached hydrogen (secondary N) is 1. The minimum atomic E-state index is -0.659. The molecule has 10 heteroatoms. The van der Waals surface area contributed by atoms with Crippen molar-refractivity contribution in [3.63, 3.8) is 0 Å². The van der Waals surface area contributed by atoms with Gasteiger partial charge >= 0.3 is 5.56 Å². The van der Waals surface area contributed by atoms with Crippen LogP contribution in [-0.2, 0) is 0 Å². The summed E-state index contributed by atoms with van der Waals surface area (Å²) in [4.78, 5) is 18.4. The molecule has 3 aromatic rings. The van der Waals surface area contributed by atoms with Gasteiger partial charge in [-0.25, -0.2) is 4.98 Å². The van der Waals surface area contributed by atoms with E-state index in [9.17, 15) is 10.0 Å². The highest BCUT2D eigenvalue weighted by Gasteiger charge is 2.23. The molecular weight excluding hydrogens is 336 g/mol. The summed E-state index contributed by atoms with van der Waals surface area (Å²) >= 11 is 0. The Labute approximate surface area is 148 Å². The zero-order valence-electron chi connectivity index (χ0n) is 14.3. The number of H-pyrrole nitrogens is 1. The Morgan fingerprint density at radius 1 is 1.27 bits per heavy atom. The first-order valence-electron chi connectivity index (χ1n) is 8.53. The lowest BCUT2D eigenvalue weighted by Gasteiger charge is -2.33. The van der Waals surface area contributed by atoms with Gasteiger partial charge in [-0.1, -0.05) is 0 Å². The maximum Gasteiger partial charge on any atom is 0.314 e. The van der Waals surface area contributed by atoms with Gasteiger partial charge in [-0.05, 0) is 37.8 Å². The van der Waals surface area contributed by atoms with Gasteiger partial charge in [-0.15, -0.1) is 14.9 Å². The summed E-state index contributed by atoms with van der Waals surface area (Å²) in [5, 5.41) is 24.8. The number of hydrogen-bond donors (Lipinski definition) is 3. The van der Waals surface area contributed by atoms with E-state index >= 15 is 0 Å². The lowest BCUT2D eigenvalue weighted by molar-refractivity contribution is 0.178. The summed E-state index contributed by atoms with van der Waals surface area (Å²) in [6, 6.07) is 4.17. The van der Waals surface area contributed by atoms with Gasteiger partial charge in [0.25, 0.3) is 0 Å². The van der Waals surface area contributed by atoms with Crippen molar-refractivity contribution in [1.82, 2.24) is 30.1 Å². The second-order valence-electron chi connectivity index (χ2n) is 6.63. The van der Waals surface area contributed by atoms with E-state index < -0.39 is 5.56 Å². The van der Waals surface area contributed by atoms with Gasteiger partial charge in [0.15, 0.2) is 11.3 Å². The van der Waals surface area contributed by atoms with Gasteiger partial charge in [0, 0.05) is 25.3 Å². The number of fused-ring (bicyclic) bond motifs is 1. The minimum absolute atomic E-state index is 0.0224. The van der Waals surface area contributed by atoms with Crippen molar-refractivity contribution in [2.75, 3.05) is 11.9 Å². The van der Waals surface area contributed by atoms with Crippen LogP contribution in [-0.4, -0.2) is 54.4 Å². The summed E-state index contributed by atoms with van der Waals surface area (Å²) < 4.78 is 0.444. The largest absolute Gasteiger partial charge is 0.423 e. The quantitative estimate of drug-likeness (QED) is 0.577. The topological polar surface area (TPSA) is 139 Å². The average Bonchev–Trinajstić information content (AvgIpc) is 3.14. The predicted molar refractivity (Wildman–Crippen MR) is 95.0 cm³/mol. The van der Waals surface area contributed by atoms with Gasteiger partial charge < -0.3 is 15.8 Å². The third-order valence-electron chi connectivity index (χ3n) is 4.97. The van der Waals surface area contributed by atoms with E-state index in [-0.39, 0.29) is 11.3 Å². The Balaban J connectivity index is 1.62. The number of nitrogens with two attached hydrogens (primary N) is 1. The number of rotatable bonds is 3. The molecule has 0 atom stereocenters. The third kappa shape index (κ3) is 2.77. The van der Waals surface area contributed by atoms with E-state index in [1.54, 1.807) is 6.07 Å². The number of aromatic nitrogens is 6. The number of anilines is 1. The molecule has 4 N–H and O–H groups in total. The van der Waals surface area contributed by atoms with Crippen LogP contribution >= 0.6 is 0 Å². The lowest BCUT2D eigenvalue weighted by atomic mass is 9.91. The Morgan fingerprint density at radius 2 is 2.04 bits per heavy atom. The highest BCUT2D eigenvalue weighted by molar-refractivity contribution is 5.74. The van der Waals surface area contributed by atoms with Crippen LogP contribution in [0.15, 0.2) is 23.1 Å². The van der Waals surface area contributed by atoms with Crippen LogP contribution in [0.25, 0.3) is 22.6 Å². The van der Waals surface area contributed by atoms with Crippen LogP contribution in [0.4, 0.5) is 5.82 Å². The summed E-state index contributed by atoms with van der Waals surface area (Å²) in [6.45, 7) is 0. The third-order valence-corrected chi connectivity index (χ3v) is 4.97. The molecule has 0 amide bonds. The normalized spacial score (nSPS) is 20.4. The van der Waals surface area contributed by atoms with Crippen LogP contribution in [0, 0.1) is 0 Å². The monoisotopic (exact) mass is 356 g/mol. The van der Waals surface area contributed by atoms with E-state index in [4.69, 9.17) is 5.73 Å². The lowest BCUT2D eigenvalue weighted by Crippen LogP contribution is -2.39. The van der Waals surface area contributed by atoms with Crippen LogP contribution < -0.4 is 16.2 Å². The Hall–Kier alpha value is -3.01. The maximum absolute atomic E-state index is 12.1. The van der Waals surface area contributed by atoms with Crippen molar-refractivity contribution < 1.29 is 5.21 Å². The molecule has 0 radical (unpaired) electrons. The molecular formula is C16H20N8O2. The zero-order chi connectivity index (χ0) is 18.3. The van der Waals surface area contributed by atoms with Crippen molar-refractivity contribution in [2.45, 2.75) is 37.8 Å². The van der Waals surface area contributed by atoms with Crippen LogP contribution in [0.5, 0.6) is 0 Å². The van der Waals surface area contributed by atoms with Crippen molar-refractivity contribution >= 4 is 16.9 Å². The molecule has 10 nitrogen and oxygen atoms in total. The molecule has 1 fully saturated rings. The van der Waals surface area contributed by atoms with Gasteiger partial charge in [0.05, 0.1) is 0 Å². The molecule has 0 aliphatic heterocycles. The first kappa shape index (κ1) is 16.5. The SMILES string of the molecule is CN(c1ccc(-c2nc3c[nH]nc3c(=O)n2O)nn1)[C@H]1CC[C@@H](N)CC1. The van der Waals surface area contributed by atoms with E-state index in [0.29, 0.717) is 28.0 Å². The van der Waals surface area contributed by atoms with Crippen LogP contribution in [0.2, 0.25) is 0 Å². The molecule has 136 valence electrons. The average molecular weight is 356 g/mol. The summed E-state index contributed by atoms with van der Waals surface area (Å²) in [6.07, 6.45) is 5.55. The van der Waals surface area contributed by atoms with Crippen LogP contribution in [0.3, 0.4) is 0 Å². The van der Waals surface area contributed by atoms with Crippen molar-refractivity contribution in [3.05, 3.63) is 28.7 Å². The molecule has 1 aliphatic rings. The van der Waals surface area contributed by atoms with Crippen molar-refractivity contribution in [3.8, 4) is 11.5 Å². The molecule has 1 aliphatic carbocycles. The Morgan fingerprint density at radius 3 is 2.73 bits per heavy atom. The molecule has 4 rings (SSSR count). The van der Waals surface area contributed by atoms with E-state index in [0.717, 1.165) is 31.5 Å². The van der Waals surface area contributed by atoms with Gasteiger partial charge in [-0.2, -0.15) is 5.10 Å². The molecule has 0 saturated heterocycles. The Bertz CT molecular complexity index is 972. The summed E-state index contributed by atoms with van der Waals surface area (Å²) in [7, 11) is 1.99. The zero-order valence-corrected chi connectivity index (χ0v) is 14.3. The smallest absolute Gasteiger partial charge is 0.314 e. The molecule has 1 saturated carbocycles. The molecule has 3 aromatic heterocycles. The van der Waals surface area contributed by atoms with Gasteiger partial charge in [0.1, 0.15) is 11.2 Å². The van der Waals surface area contributed by atoms with E-state index in [1.165, 1.54) is 6.20 Å². The Kier molecular flexibility index (Phi) is 4.03. The fraction of sp³-hybridized carbons (Fsp3) is 0.438. The molecule has 0 spiro atoms. The molecule has 26 heavy (non-hydrogen) atoms. The highest BCUT2D eigenvalue weighted by Crippen LogP contribution is 2.25. The standard InChI is InChI=1S/C16H20N8O2/c1-23(10-4-2-9(17)3-5-10)13-7-6-11(20-21-13)15-19-12-8-18-22-14(12)16(25)24(15)26/h6-10,26H,2-5,17H2,1H3,(H,18,22)/t9-,10+. The van der Waals surface area contributed by atoms with E-state index in [2.05, 4.69) is 30.3 Å². The number of nitrogens with zero attached hydrogens (tertiary/aromatic N) is 6. The molecule has 0 bridgehead atoms. The molecule has 0 aromatic carbocycles. The molecule has 0 unspecified atom stereocenters. The first-order chi connectivity index (χ1) is 12.5.